The molecule has 0 saturated carbocycles. The number of hydrogen-bond acceptors (Lipinski definition) is 3. The van der Waals surface area contributed by atoms with Crippen molar-refractivity contribution in [3.8, 4) is 0 Å². The first-order chi connectivity index (χ1) is 10.3. The summed E-state index contributed by atoms with van der Waals surface area (Å²) in [5.41, 5.74) is 0. The van der Waals surface area contributed by atoms with E-state index in [1.807, 2.05) is 4.68 Å². The number of nitrogens with zero attached hydrogens (tertiary/aromatic N) is 3. The Morgan fingerprint density at radius 1 is 1.05 bits per heavy atom. The molecule has 0 aromatic carbocycles. The van der Waals surface area contributed by atoms with Crippen molar-refractivity contribution < 1.29 is 0 Å². The molecule has 0 amide bonds. The summed E-state index contributed by atoms with van der Waals surface area (Å²) in [6.07, 6.45) is 13.6. The molecule has 0 spiro atoms. The van der Waals surface area contributed by atoms with Crippen LogP contribution in [-0.2, 0) is 13.0 Å². The van der Waals surface area contributed by atoms with E-state index in [4.69, 9.17) is 0 Å². The molecule has 1 N–H and O–H groups in total. The Morgan fingerprint density at radius 2 is 1.76 bits per heavy atom. The number of hydrogen-bond donors (Lipinski definition) is 1. The van der Waals surface area contributed by atoms with E-state index in [2.05, 4.69) is 36.2 Å². The predicted octanol–water partition coefficient (Wildman–Crippen LogP) is 3.96. The molecule has 1 aromatic rings. The zero-order valence-electron chi connectivity index (χ0n) is 14.3. The van der Waals surface area contributed by atoms with Gasteiger partial charge in [0.05, 0.1) is 0 Å². The highest BCUT2D eigenvalue weighted by Gasteiger charge is 2.12. The predicted molar refractivity (Wildman–Crippen MR) is 89.5 cm³/mol. The second-order valence-electron chi connectivity index (χ2n) is 5.86. The largest absolute Gasteiger partial charge is 0.314 e. The molecule has 1 unspecified atom stereocenters. The lowest BCUT2D eigenvalue weighted by Gasteiger charge is -2.17. The summed E-state index contributed by atoms with van der Waals surface area (Å²) in [6, 6.07) is 0.542. The van der Waals surface area contributed by atoms with Crippen LogP contribution in [0.1, 0.15) is 78.0 Å². The van der Waals surface area contributed by atoms with Gasteiger partial charge in [0.25, 0.3) is 0 Å². The SMILES string of the molecule is CCCCCCCCCC(Cc1ncnn1CC)NCC. The normalized spacial score (nSPS) is 12.7. The first-order valence-corrected chi connectivity index (χ1v) is 8.91. The molecular formula is C17H34N4. The average molecular weight is 294 g/mol. The maximum absolute atomic E-state index is 4.40. The maximum Gasteiger partial charge on any atom is 0.138 e. The summed E-state index contributed by atoms with van der Waals surface area (Å²) in [5, 5.41) is 7.87. The van der Waals surface area contributed by atoms with E-state index in [0.717, 1.165) is 25.3 Å². The van der Waals surface area contributed by atoms with Crippen molar-refractivity contribution in [2.75, 3.05) is 6.54 Å². The third-order valence-corrected chi connectivity index (χ3v) is 4.07. The van der Waals surface area contributed by atoms with Crippen LogP contribution in [0.25, 0.3) is 0 Å². The molecular weight excluding hydrogens is 260 g/mol. The van der Waals surface area contributed by atoms with Gasteiger partial charge in [-0.15, -0.1) is 0 Å². The standard InChI is InChI=1S/C17H34N4/c1-4-7-8-9-10-11-12-13-16(18-5-2)14-17-19-15-20-21(17)6-3/h15-16,18H,4-14H2,1-3H3. The molecule has 0 aliphatic heterocycles. The molecule has 0 saturated heterocycles. The number of rotatable bonds is 13. The Morgan fingerprint density at radius 3 is 2.43 bits per heavy atom. The third kappa shape index (κ3) is 7.60. The molecule has 0 aliphatic rings. The van der Waals surface area contributed by atoms with E-state index in [1.165, 1.54) is 51.4 Å². The van der Waals surface area contributed by atoms with Crippen molar-refractivity contribution in [2.24, 2.45) is 0 Å². The van der Waals surface area contributed by atoms with Gasteiger partial charge in [-0.1, -0.05) is 58.8 Å². The van der Waals surface area contributed by atoms with Gasteiger partial charge >= 0.3 is 0 Å². The molecule has 1 atom stereocenters. The van der Waals surface area contributed by atoms with E-state index in [9.17, 15) is 0 Å². The number of aromatic nitrogens is 3. The minimum absolute atomic E-state index is 0.542. The van der Waals surface area contributed by atoms with Crippen LogP contribution in [0.15, 0.2) is 6.33 Å². The van der Waals surface area contributed by atoms with Gasteiger partial charge < -0.3 is 5.32 Å². The molecule has 1 heterocycles. The van der Waals surface area contributed by atoms with Gasteiger partial charge in [0.2, 0.25) is 0 Å². The van der Waals surface area contributed by atoms with E-state index in [1.54, 1.807) is 6.33 Å². The second-order valence-corrected chi connectivity index (χ2v) is 5.86. The molecule has 0 bridgehead atoms. The van der Waals surface area contributed by atoms with Crippen molar-refractivity contribution >= 4 is 0 Å². The molecule has 1 aromatic heterocycles. The van der Waals surface area contributed by atoms with E-state index in [0.29, 0.717) is 6.04 Å². The lowest BCUT2D eigenvalue weighted by Crippen LogP contribution is -2.32. The topological polar surface area (TPSA) is 42.7 Å². The van der Waals surface area contributed by atoms with Crippen molar-refractivity contribution in [3.63, 3.8) is 0 Å². The number of aryl methyl sites for hydroxylation is 1. The lowest BCUT2D eigenvalue weighted by molar-refractivity contribution is 0.442. The maximum atomic E-state index is 4.40. The first-order valence-electron chi connectivity index (χ1n) is 8.91. The Hall–Kier alpha value is -0.900. The van der Waals surface area contributed by atoms with Gasteiger partial charge in [0.1, 0.15) is 12.2 Å². The summed E-state index contributed by atoms with van der Waals surface area (Å²) in [5.74, 6) is 1.12. The third-order valence-electron chi connectivity index (χ3n) is 4.07. The summed E-state index contributed by atoms with van der Waals surface area (Å²) < 4.78 is 2.01. The summed E-state index contributed by atoms with van der Waals surface area (Å²) in [4.78, 5) is 4.40. The minimum atomic E-state index is 0.542. The molecule has 0 aliphatic carbocycles. The van der Waals surface area contributed by atoms with Gasteiger partial charge in [-0.3, -0.25) is 4.68 Å². The van der Waals surface area contributed by atoms with Crippen LogP contribution in [0, 0.1) is 0 Å². The van der Waals surface area contributed by atoms with Crippen LogP contribution in [0.3, 0.4) is 0 Å². The average Bonchev–Trinajstić information content (AvgIpc) is 2.93. The Balaban J connectivity index is 2.23. The van der Waals surface area contributed by atoms with Crippen LogP contribution < -0.4 is 5.32 Å². The smallest absolute Gasteiger partial charge is 0.138 e. The van der Waals surface area contributed by atoms with Gasteiger partial charge in [0.15, 0.2) is 0 Å². The minimum Gasteiger partial charge on any atom is -0.314 e. The highest BCUT2D eigenvalue weighted by atomic mass is 15.3. The van der Waals surface area contributed by atoms with Crippen molar-refractivity contribution in [2.45, 2.75) is 91.1 Å². The van der Waals surface area contributed by atoms with E-state index in [-0.39, 0.29) is 0 Å². The van der Waals surface area contributed by atoms with Gasteiger partial charge in [-0.2, -0.15) is 5.10 Å². The molecule has 4 nitrogen and oxygen atoms in total. The number of nitrogens with one attached hydrogen (secondary N) is 1. The number of unbranched alkanes of at least 4 members (excludes halogenated alkanes) is 6. The molecule has 4 heteroatoms. The lowest BCUT2D eigenvalue weighted by atomic mass is 10.0. The van der Waals surface area contributed by atoms with Crippen molar-refractivity contribution in [1.29, 1.82) is 0 Å². The number of likely N-dealkylation sites (N-methyl/N-ethyl adjacent to an activating group) is 1. The quantitative estimate of drug-likeness (QED) is 0.560. The van der Waals surface area contributed by atoms with Crippen LogP contribution in [0.2, 0.25) is 0 Å². The Bertz CT molecular complexity index is 348. The van der Waals surface area contributed by atoms with Crippen LogP contribution in [0.4, 0.5) is 0 Å². The molecule has 122 valence electrons. The van der Waals surface area contributed by atoms with Crippen molar-refractivity contribution in [1.82, 2.24) is 20.1 Å². The molecule has 0 fully saturated rings. The molecule has 21 heavy (non-hydrogen) atoms. The molecule has 0 radical (unpaired) electrons. The Labute approximate surface area is 130 Å². The highest BCUT2D eigenvalue weighted by molar-refractivity contribution is 4.89. The monoisotopic (exact) mass is 294 g/mol. The highest BCUT2D eigenvalue weighted by Crippen LogP contribution is 2.12. The van der Waals surface area contributed by atoms with Gasteiger partial charge in [-0.25, -0.2) is 4.98 Å². The van der Waals surface area contributed by atoms with Crippen LogP contribution in [0.5, 0.6) is 0 Å². The van der Waals surface area contributed by atoms with E-state index < -0.39 is 0 Å². The fraction of sp³-hybridized carbons (Fsp3) is 0.882. The van der Waals surface area contributed by atoms with Crippen LogP contribution >= 0.6 is 0 Å². The van der Waals surface area contributed by atoms with Crippen molar-refractivity contribution in [3.05, 3.63) is 12.2 Å². The van der Waals surface area contributed by atoms with Gasteiger partial charge in [0, 0.05) is 19.0 Å². The fourth-order valence-electron chi connectivity index (χ4n) is 2.84. The Kier molecular flexibility index (Phi) is 10.1. The zero-order chi connectivity index (χ0) is 15.3. The zero-order valence-corrected chi connectivity index (χ0v) is 14.3. The van der Waals surface area contributed by atoms with Gasteiger partial charge in [-0.05, 0) is 19.9 Å². The fourth-order valence-corrected chi connectivity index (χ4v) is 2.84. The molecule has 1 rings (SSSR count). The summed E-state index contributed by atoms with van der Waals surface area (Å²) >= 11 is 0. The second kappa shape index (κ2) is 11.7. The first kappa shape index (κ1) is 18.1. The summed E-state index contributed by atoms with van der Waals surface area (Å²) in [6.45, 7) is 8.52. The van der Waals surface area contributed by atoms with Crippen LogP contribution in [-0.4, -0.2) is 27.4 Å². The van der Waals surface area contributed by atoms with E-state index >= 15 is 0 Å². The summed E-state index contributed by atoms with van der Waals surface area (Å²) in [7, 11) is 0.